The van der Waals surface area contributed by atoms with Crippen LogP contribution in [0, 0.1) is 5.41 Å². The van der Waals surface area contributed by atoms with Gasteiger partial charge in [0.2, 0.25) is 0 Å². The van der Waals surface area contributed by atoms with E-state index < -0.39 is 0 Å². The van der Waals surface area contributed by atoms with Crippen molar-refractivity contribution in [3.8, 4) is 5.75 Å². The van der Waals surface area contributed by atoms with Crippen molar-refractivity contribution >= 4 is 29.2 Å². The van der Waals surface area contributed by atoms with Crippen LogP contribution in [0.15, 0.2) is 45.8 Å². The molecule has 170 valence electrons. The number of amidine groups is 1. The number of allylic oxidation sites excluding steroid dienone is 2. The highest BCUT2D eigenvalue weighted by atomic mass is 16.5. The molecule has 2 aliphatic rings. The van der Waals surface area contributed by atoms with Crippen LogP contribution in [-0.4, -0.2) is 62.7 Å². The fraction of sp³-hybridized carbons (Fsp3) is 0.417. The number of methoxy groups -OCH3 is 1. The van der Waals surface area contributed by atoms with Crippen molar-refractivity contribution in [2.75, 3.05) is 34.3 Å². The molecule has 0 spiro atoms. The highest BCUT2D eigenvalue weighted by Crippen LogP contribution is 2.38. The number of aliphatic imine (C=N–C) groups is 2. The number of hydrogen-bond donors (Lipinski definition) is 3. The molecule has 0 unspecified atom stereocenters. The minimum absolute atomic E-state index is 0.174. The molecule has 3 rings (SSSR count). The van der Waals surface area contributed by atoms with Gasteiger partial charge in [0.15, 0.2) is 12.1 Å². The number of likely N-dealkylation sites (tertiary alicyclic amines) is 1. The SMILES string of the molecule is CN/C(=N\c1cc(OC)c(C2CCN(C)CC2)cc1C=O)C(=N)/C=C1\NC=C(C)N=C1C. The second-order valence-corrected chi connectivity index (χ2v) is 8.16. The smallest absolute Gasteiger partial charge is 0.152 e. The lowest BCUT2D eigenvalue weighted by Gasteiger charge is -2.30. The number of carbonyl (C=O) groups is 1. The van der Waals surface area contributed by atoms with E-state index in [0.717, 1.165) is 60.6 Å². The van der Waals surface area contributed by atoms with E-state index in [1.165, 1.54) is 0 Å². The number of hydrogen-bond acceptors (Lipinski definition) is 7. The van der Waals surface area contributed by atoms with Gasteiger partial charge in [-0.1, -0.05) is 0 Å². The Bertz CT molecular complexity index is 1010. The Labute approximate surface area is 189 Å². The minimum atomic E-state index is 0.174. The van der Waals surface area contributed by atoms with Crippen LogP contribution in [0.3, 0.4) is 0 Å². The van der Waals surface area contributed by atoms with Crippen LogP contribution < -0.4 is 15.4 Å². The van der Waals surface area contributed by atoms with Gasteiger partial charge in [0.05, 0.1) is 35.6 Å². The number of nitrogens with zero attached hydrogens (tertiary/aromatic N) is 3. The molecule has 0 radical (unpaired) electrons. The Morgan fingerprint density at radius 1 is 1.34 bits per heavy atom. The Hall–Kier alpha value is -3.26. The van der Waals surface area contributed by atoms with E-state index in [9.17, 15) is 4.79 Å². The third-order valence-corrected chi connectivity index (χ3v) is 5.85. The predicted molar refractivity (Wildman–Crippen MR) is 130 cm³/mol. The highest BCUT2D eigenvalue weighted by molar-refractivity contribution is 6.45. The molecule has 0 bridgehead atoms. The van der Waals surface area contributed by atoms with E-state index in [-0.39, 0.29) is 5.71 Å². The lowest BCUT2D eigenvalue weighted by atomic mass is 9.87. The van der Waals surface area contributed by atoms with E-state index in [4.69, 9.17) is 10.1 Å². The average molecular weight is 437 g/mol. The zero-order valence-electron chi connectivity index (χ0n) is 19.5. The van der Waals surface area contributed by atoms with E-state index in [0.29, 0.717) is 23.0 Å². The summed E-state index contributed by atoms with van der Waals surface area (Å²) in [4.78, 5) is 23.2. The van der Waals surface area contributed by atoms with Gasteiger partial charge in [-0.15, -0.1) is 0 Å². The van der Waals surface area contributed by atoms with Crippen LogP contribution in [0.2, 0.25) is 0 Å². The molecule has 3 N–H and O–H groups in total. The number of carbonyl (C=O) groups excluding carboxylic acids is 1. The second kappa shape index (κ2) is 10.4. The fourth-order valence-electron chi connectivity index (χ4n) is 3.98. The lowest BCUT2D eigenvalue weighted by molar-refractivity contribution is 0.112. The van der Waals surface area contributed by atoms with Crippen molar-refractivity contribution in [3.05, 3.63) is 46.9 Å². The molecule has 0 aromatic heterocycles. The van der Waals surface area contributed by atoms with E-state index in [1.807, 2.05) is 19.9 Å². The first-order chi connectivity index (χ1) is 15.4. The van der Waals surface area contributed by atoms with Crippen molar-refractivity contribution in [3.63, 3.8) is 0 Å². The van der Waals surface area contributed by atoms with Crippen molar-refractivity contribution < 1.29 is 9.53 Å². The van der Waals surface area contributed by atoms with Gasteiger partial charge < -0.3 is 20.3 Å². The van der Waals surface area contributed by atoms with Crippen LogP contribution in [-0.2, 0) is 0 Å². The van der Waals surface area contributed by atoms with Gasteiger partial charge in [0.25, 0.3) is 0 Å². The molecular formula is C24H32N6O2. The van der Waals surface area contributed by atoms with Crippen LogP contribution in [0.25, 0.3) is 0 Å². The summed E-state index contributed by atoms with van der Waals surface area (Å²) in [5.74, 6) is 1.41. The van der Waals surface area contributed by atoms with Crippen LogP contribution >= 0.6 is 0 Å². The Morgan fingerprint density at radius 2 is 2.06 bits per heavy atom. The summed E-state index contributed by atoms with van der Waals surface area (Å²) in [7, 11) is 5.47. The third kappa shape index (κ3) is 5.31. The van der Waals surface area contributed by atoms with Gasteiger partial charge >= 0.3 is 0 Å². The number of benzene rings is 1. The number of ether oxygens (including phenoxy) is 1. The zero-order chi connectivity index (χ0) is 23.3. The molecule has 1 fully saturated rings. The zero-order valence-corrected chi connectivity index (χ0v) is 19.5. The average Bonchev–Trinajstić information content (AvgIpc) is 2.79. The first-order valence-corrected chi connectivity index (χ1v) is 10.8. The number of rotatable bonds is 6. The van der Waals surface area contributed by atoms with E-state index in [2.05, 4.69) is 32.6 Å². The molecule has 0 atom stereocenters. The molecule has 2 heterocycles. The molecule has 1 aromatic carbocycles. The third-order valence-electron chi connectivity index (χ3n) is 5.85. The Kier molecular flexibility index (Phi) is 7.58. The molecule has 0 saturated carbocycles. The molecule has 32 heavy (non-hydrogen) atoms. The molecule has 8 nitrogen and oxygen atoms in total. The molecule has 1 aromatic rings. The van der Waals surface area contributed by atoms with Gasteiger partial charge in [-0.25, -0.2) is 4.99 Å². The number of nitrogens with one attached hydrogen (secondary N) is 3. The molecule has 1 saturated heterocycles. The van der Waals surface area contributed by atoms with Gasteiger partial charge in [-0.2, -0.15) is 0 Å². The lowest BCUT2D eigenvalue weighted by Crippen LogP contribution is -2.29. The summed E-state index contributed by atoms with van der Waals surface area (Å²) < 4.78 is 5.67. The molecule has 2 aliphatic heterocycles. The van der Waals surface area contributed by atoms with Gasteiger partial charge in [0, 0.05) is 24.9 Å². The van der Waals surface area contributed by atoms with Crippen LogP contribution in [0.4, 0.5) is 5.69 Å². The van der Waals surface area contributed by atoms with Crippen molar-refractivity contribution in [1.29, 1.82) is 5.41 Å². The maximum absolute atomic E-state index is 11.9. The summed E-state index contributed by atoms with van der Waals surface area (Å²) in [6.07, 6.45) is 6.32. The number of aldehydes is 1. The van der Waals surface area contributed by atoms with Crippen molar-refractivity contribution in [2.45, 2.75) is 32.6 Å². The summed E-state index contributed by atoms with van der Waals surface area (Å²) in [5, 5.41) is 14.6. The van der Waals surface area contributed by atoms with Crippen LogP contribution in [0.1, 0.15) is 48.5 Å². The molecule has 0 amide bonds. The monoisotopic (exact) mass is 436 g/mol. The largest absolute Gasteiger partial charge is 0.496 e. The predicted octanol–water partition coefficient (Wildman–Crippen LogP) is 3.40. The fourth-order valence-corrected chi connectivity index (χ4v) is 3.98. The van der Waals surface area contributed by atoms with Gasteiger partial charge in [-0.05, 0) is 70.5 Å². The molecule has 0 aliphatic carbocycles. The normalized spacial score (nSPS) is 19.2. The van der Waals surface area contributed by atoms with Crippen LogP contribution in [0.5, 0.6) is 5.75 Å². The molecular weight excluding hydrogens is 404 g/mol. The summed E-state index contributed by atoms with van der Waals surface area (Å²) >= 11 is 0. The Balaban J connectivity index is 1.94. The maximum Gasteiger partial charge on any atom is 0.152 e. The quantitative estimate of drug-likeness (QED) is 0.360. The summed E-state index contributed by atoms with van der Waals surface area (Å²) in [5.41, 5.74) is 4.58. The highest BCUT2D eigenvalue weighted by Gasteiger charge is 2.23. The number of piperidine rings is 1. The summed E-state index contributed by atoms with van der Waals surface area (Å²) in [6.45, 7) is 5.83. The topological polar surface area (TPSA) is 102 Å². The van der Waals surface area contributed by atoms with Gasteiger partial charge in [0.1, 0.15) is 5.75 Å². The summed E-state index contributed by atoms with van der Waals surface area (Å²) in [6, 6.07) is 3.69. The molecule has 8 heteroatoms. The van der Waals surface area contributed by atoms with Crippen molar-refractivity contribution in [1.82, 2.24) is 15.5 Å². The van der Waals surface area contributed by atoms with Crippen molar-refractivity contribution in [2.24, 2.45) is 9.98 Å². The van der Waals surface area contributed by atoms with E-state index >= 15 is 0 Å². The standard InChI is InChI=1S/C24H32N6O2/c1-15-13-27-21(16(2)28-15)11-20(25)24(26-3)29-22-12-23(32-5)19(10-18(22)14-31)17-6-8-30(4)9-7-17/h10-14,17,25,27H,6-9H2,1-5H3,(H,26,29)/b21-11-,25-20?. The maximum atomic E-state index is 11.9. The first-order valence-electron chi connectivity index (χ1n) is 10.8. The van der Waals surface area contributed by atoms with Gasteiger partial charge in [-0.3, -0.25) is 15.2 Å². The minimum Gasteiger partial charge on any atom is -0.496 e. The van der Waals surface area contributed by atoms with E-state index in [1.54, 1.807) is 32.5 Å². The Morgan fingerprint density at radius 3 is 2.66 bits per heavy atom. The first kappa shape index (κ1) is 23.4. The second-order valence-electron chi connectivity index (χ2n) is 8.16.